The third-order valence-corrected chi connectivity index (χ3v) is 2.98. The van der Waals surface area contributed by atoms with Gasteiger partial charge in [-0.2, -0.15) is 0 Å². The van der Waals surface area contributed by atoms with Gasteiger partial charge in [-0.15, -0.1) is 0 Å². The maximum absolute atomic E-state index is 8.48. The van der Waals surface area contributed by atoms with Crippen molar-refractivity contribution in [3.63, 3.8) is 0 Å². The molecule has 0 amide bonds. The number of hydrogen-bond acceptors (Lipinski definition) is 6. The van der Waals surface area contributed by atoms with Crippen LogP contribution in [0.15, 0.2) is 0 Å². The maximum Gasteiger partial charge on any atom is 0.0558 e. The summed E-state index contributed by atoms with van der Waals surface area (Å²) in [5.41, 5.74) is 0. The normalized spacial score (nSPS) is 10.2. The van der Waals surface area contributed by atoms with Crippen molar-refractivity contribution in [2.24, 2.45) is 0 Å². The summed E-state index contributed by atoms with van der Waals surface area (Å²) in [4.78, 5) is 1.79. The van der Waals surface area contributed by atoms with E-state index in [-0.39, 0.29) is 19.8 Å². The Bertz CT molecular complexity index is 134. The van der Waals surface area contributed by atoms with E-state index in [1.807, 2.05) is 0 Å². The zero-order chi connectivity index (χ0) is 14.8. The maximum atomic E-state index is 8.48. The molecule has 0 aliphatic carbocycles. The molecule has 0 rings (SSSR count). The van der Waals surface area contributed by atoms with Gasteiger partial charge in [0.05, 0.1) is 19.8 Å². The summed E-state index contributed by atoms with van der Waals surface area (Å²) < 4.78 is 10.4. The van der Waals surface area contributed by atoms with Crippen molar-refractivity contribution >= 4 is 0 Å². The van der Waals surface area contributed by atoms with Gasteiger partial charge in [-0.3, -0.25) is 4.90 Å². The first-order chi connectivity index (χ1) is 9.26. The third-order valence-electron chi connectivity index (χ3n) is 1.98. The Morgan fingerprint density at radius 2 is 1.16 bits per heavy atom. The van der Waals surface area contributed by atoms with Crippen molar-refractivity contribution in [3.05, 3.63) is 0 Å². The predicted molar refractivity (Wildman–Crippen MR) is 70.2 cm³/mol. The van der Waals surface area contributed by atoms with Gasteiger partial charge in [0.1, 0.15) is 0 Å². The van der Waals surface area contributed by atoms with Crippen LogP contribution >= 0.6 is 0 Å². The van der Waals surface area contributed by atoms with Crippen LogP contribution in [0.4, 0.5) is 0 Å². The van der Waals surface area contributed by atoms with E-state index in [2.05, 4.69) is 13.8 Å². The van der Waals surface area contributed by atoms with E-state index < -0.39 is 19.9 Å². The molecule has 0 heterocycles. The molecule has 0 bridgehead atoms. The molecule has 0 spiro atoms. The molecule has 0 saturated heterocycles. The fourth-order valence-corrected chi connectivity index (χ4v) is 2.12. The number of aliphatic hydroxyl groups is 3. The fraction of sp³-hybridized carbons (Fsp3) is 1.00. The number of rotatable bonds is 12. The molecule has 0 atom stereocenters. The van der Waals surface area contributed by atoms with Gasteiger partial charge in [0.15, 0.2) is 0 Å². The topological polar surface area (TPSA) is 82.4 Å². The van der Waals surface area contributed by atoms with Gasteiger partial charge in [0.2, 0.25) is 0 Å². The van der Waals surface area contributed by atoms with E-state index in [0.29, 0.717) is 19.6 Å². The van der Waals surface area contributed by atoms with Crippen LogP contribution in [-0.2, 0) is 26.6 Å². The average molecular weight is 315 g/mol. The van der Waals surface area contributed by atoms with Crippen molar-refractivity contribution in [3.8, 4) is 0 Å². The molecule has 0 fully saturated rings. The van der Waals surface area contributed by atoms with Crippen molar-refractivity contribution < 1.29 is 41.9 Å². The Hall–Kier alpha value is 0.474. The minimum Gasteiger partial charge on any atom is -0.395 e. The van der Waals surface area contributed by atoms with Gasteiger partial charge in [-0.05, 0) is 0 Å². The minimum absolute atomic E-state index is 0.0694. The number of hydrogen-bond donors (Lipinski definition) is 3. The van der Waals surface area contributed by atoms with Crippen LogP contribution in [0, 0.1) is 0 Å². The van der Waals surface area contributed by atoms with Gasteiger partial charge in [-0.1, -0.05) is 0 Å². The van der Waals surface area contributed by atoms with E-state index in [9.17, 15) is 0 Å². The van der Waals surface area contributed by atoms with Crippen LogP contribution in [0.5, 0.6) is 0 Å². The molecule has 0 radical (unpaired) electrons. The summed E-state index contributed by atoms with van der Waals surface area (Å²) in [5.74, 6) is 0. The van der Waals surface area contributed by atoms with Gasteiger partial charge < -0.3 is 15.3 Å². The molecule has 6 nitrogen and oxygen atoms in total. The van der Waals surface area contributed by atoms with E-state index in [0.717, 1.165) is 26.1 Å². The van der Waals surface area contributed by atoms with Gasteiger partial charge >= 0.3 is 66.5 Å². The van der Waals surface area contributed by atoms with Crippen molar-refractivity contribution in [1.82, 2.24) is 4.90 Å². The molecule has 3 N–H and O–H groups in total. The minimum atomic E-state index is -0.504. The van der Waals surface area contributed by atoms with Crippen LogP contribution in [0.3, 0.4) is 0 Å². The third kappa shape index (κ3) is 20.9. The van der Waals surface area contributed by atoms with Crippen LogP contribution < -0.4 is 0 Å². The smallest absolute Gasteiger partial charge is 0.0558 e. The molecule has 0 aromatic heterocycles. The summed E-state index contributed by atoms with van der Waals surface area (Å²) in [6.07, 6.45) is 2.19. The van der Waals surface area contributed by atoms with Crippen molar-refractivity contribution in [2.75, 3.05) is 52.7 Å². The first-order valence-corrected chi connectivity index (χ1v) is 8.07. The Labute approximate surface area is 126 Å². The molecule has 0 saturated carbocycles. The Morgan fingerprint density at radius 1 is 0.789 bits per heavy atom. The zero-order valence-electron chi connectivity index (χ0n) is 12.2. The molecule has 0 aromatic rings. The van der Waals surface area contributed by atoms with Crippen molar-refractivity contribution in [1.29, 1.82) is 0 Å². The molecule has 0 aliphatic heterocycles. The number of aliphatic hydroxyl groups excluding tert-OH is 3. The monoisotopic (exact) mass is 315 g/mol. The number of nitrogens with zero attached hydrogens (tertiary/aromatic N) is 1. The summed E-state index contributed by atoms with van der Waals surface area (Å²) in [5, 5.41) is 25.5. The second kappa shape index (κ2) is 20.8. The molecule has 0 aliphatic rings. The zero-order valence-corrected chi connectivity index (χ0v) is 13.7. The van der Waals surface area contributed by atoms with E-state index in [1.54, 1.807) is 4.90 Å². The first-order valence-electron chi connectivity index (χ1n) is 6.80. The Balaban J connectivity index is 0. The van der Waals surface area contributed by atoms with Crippen molar-refractivity contribution in [2.45, 2.75) is 26.7 Å². The molecular formula is C12H29NO5Ti. The molecule has 7 heteroatoms. The molecule has 0 aromatic carbocycles. The Morgan fingerprint density at radius 3 is 1.42 bits per heavy atom. The summed E-state index contributed by atoms with van der Waals surface area (Å²) in [6, 6.07) is 0. The molecule has 19 heavy (non-hydrogen) atoms. The fourth-order valence-electron chi connectivity index (χ4n) is 1.09. The predicted octanol–water partition coefficient (Wildman–Crippen LogP) is 0.0174. The standard InChI is InChI=1S/C6H15NO3.2C3H7O.Ti/c8-4-1-7(2-5-9)3-6-10;2*1-2-3-4;/h8-10H,1-6H2;2*2-3H2,1H3;/q;2*-1;+2. The van der Waals surface area contributed by atoms with Gasteiger partial charge in [0.25, 0.3) is 0 Å². The first kappa shape index (κ1) is 21.8. The molecule has 116 valence electrons. The second-order valence-electron chi connectivity index (χ2n) is 3.79. The van der Waals surface area contributed by atoms with Crippen LogP contribution in [-0.4, -0.2) is 72.9 Å². The van der Waals surface area contributed by atoms with E-state index in [1.165, 1.54) is 0 Å². The van der Waals surface area contributed by atoms with Crippen LogP contribution in [0.2, 0.25) is 0 Å². The quantitative estimate of drug-likeness (QED) is 0.348. The SMILES string of the molecule is CCC[O][Ti][O]CCC.OCCN(CCO)CCO. The van der Waals surface area contributed by atoms with Gasteiger partial charge in [0, 0.05) is 19.6 Å². The van der Waals surface area contributed by atoms with Crippen LogP contribution in [0.1, 0.15) is 26.7 Å². The largest absolute Gasteiger partial charge is 0.395 e. The van der Waals surface area contributed by atoms with E-state index >= 15 is 0 Å². The Kier molecular flexibility index (Phi) is 23.8. The summed E-state index contributed by atoms with van der Waals surface area (Å²) in [6.45, 7) is 7.69. The molecular weight excluding hydrogens is 286 g/mol. The second-order valence-corrected chi connectivity index (χ2v) is 4.95. The summed E-state index contributed by atoms with van der Waals surface area (Å²) >= 11 is -0.504. The van der Waals surface area contributed by atoms with Crippen LogP contribution in [0.25, 0.3) is 0 Å². The van der Waals surface area contributed by atoms with E-state index in [4.69, 9.17) is 22.0 Å². The summed E-state index contributed by atoms with van der Waals surface area (Å²) in [7, 11) is 0. The van der Waals surface area contributed by atoms with Gasteiger partial charge in [-0.25, -0.2) is 0 Å². The average Bonchev–Trinajstić information content (AvgIpc) is 2.40. The molecule has 0 unspecified atom stereocenters.